The van der Waals surface area contributed by atoms with Crippen molar-refractivity contribution >= 4 is 16.4 Å². The van der Waals surface area contributed by atoms with E-state index in [1.54, 1.807) is 0 Å². The van der Waals surface area contributed by atoms with Crippen molar-refractivity contribution in [3.05, 3.63) is 0 Å². The molecule has 9 heteroatoms. The molecular weight excluding hydrogens is 309 g/mol. The van der Waals surface area contributed by atoms with E-state index in [1.165, 1.54) is 11.4 Å². The first kappa shape index (κ1) is 18.2. The smallest absolute Gasteiger partial charge is 0.359 e. The van der Waals surface area contributed by atoms with Gasteiger partial charge in [-0.25, -0.2) is 12.7 Å². The predicted octanol–water partition coefficient (Wildman–Crippen LogP) is 1.51. The van der Waals surface area contributed by atoms with Crippen molar-refractivity contribution in [1.82, 2.24) is 9.62 Å². The number of rotatable bonds is 7. The molecule has 0 heterocycles. The van der Waals surface area contributed by atoms with Crippen LogP contribution in [0.3, 0.4) is 0 Å². The van der Waals surface area contributed by atoms with Crippen LogP contribution in [0.1, 0.15) is 32.1 Å². The van der Waals surface area contributed by atoms with Crippen molar-refractivity contribution in [3.63, 3.8) is 0 Å². The third kappa shape index (κ3) is 5.46. The van der Waals surface area contributed by atoms with Crippen molar-refractivity contribution in [2.75, 3.05) is 19.3 Å². The van der Waals surface area contributed by atoms with Gasteiger partial charge in [-0.15, -0.1) is 0 Å². The minimum Gasteiger partial charge on any atom is -0.359 e. The van der Waals surface area contributed by atoms with Crippen LogP contribution < -0.4 is 5.32 Å². The van der Waals surface area contributed by atoms with E-state index >= 15 is 0 Å². The van der Waals surface area contributed by atoms with E-state index in [2.05, 4.69) is 5.32 Å². The number of carbonyl (C=O) groups is 1. The van der Waals surface area contributed by atoms with Gasteiger partial charge >= 0.3 is 6.18 Å². The highest BCUT2D eigenvalue weighted by Crippen LogP contribution is 2.38. The van der Waals surface area contributed by atoms with Crippen LogP contribution in [0.5, 0.6) is 0 Å². The maximum atomic E-state index is 12.6. The number of nitrogens with zero attached hydrogens (tertiary/aromatic N) is 1. The van der Waals surface area contributed by atoms with Gasteiger partial charge in [-0.1, -0.05) is 0 Å². The molecule has 1 amide bonds. The van der Waals surface area contributed by atoms with E-state index in [0.29, 0.717) is 6.41 Å². The van der Waals surface area contributed by atoms with Crippen molar-refractivity contribution in [2.24, 2.45) is 5.92 Å². The summed E-state index contributed by atoms with van der Waals surface area (Å²) in [6.07, 6.45) is -3.01. The topological polar surface area (TPSA) is 66.5 Å². The summed E-state index contributed by atoms with van der Waals surface area (Å²) in [5.74, 6) is -1.44. The van der Waals surface area contributed by atoms with Gasteiger partial charge in [-0.2, -0.15) is 13.2 Å². The number of nitrogens with one attached hydrogen (secondary N) is 1. The Balaban J connectivity index is 2.48. The summed E-state index contributed by atoms with van der Waals surface area (Å²) < 4.78 is 63.0. The van der Waals surface area contributed by atoms with E-state index in [0.717, 1.165) is 0 Å². The number of alkyl halides is 3. The lowest BCUT2D eigenvalue weighted by atomic mass is 9.86. The zero-order valence-electron chi connectivity index (χ0n) is 11.9. The molecule has 1 fully saturated rings. The van der Waals surface area contributed by atoms with Crippen LogP contribution in [0.15, 0.2) is 0 Å². The van der Waals surface area contributed by atoms with Crippen LogP contribution in [-0.4, -0.2) is 50.7 Å². The molecule has 0 aromatic rings. The zero-order chi connectivity index (χ0) is 16.1. The summed E-state index contributed by atoms with van der Waals surface area (Å²) in [7, 11) is -2.08. The van der Waals surface area contributed by atoms with E-state index in [9.17, 15) is 26.4 Å². The van der Waals surface area contributed by atoms with Gasteiger partial charge in [0.15, 0.2) is 0 Å². The van der Waals surface area contributed by atoms with Crippen LogP contribution in [0.4, 0.5) is 13.2 Å². The highest BCUT2D eigenvalue weighted by atomic mass is 32.2. The average molecular weight is 330 g/mol. The number of sulfonamides is 1. The molecule has 0 spiro atoms. The van der Waals surface area contributed by atoms with Gasteiger partial charge in [0.1, 0.15) is 0 Å². The molecule has 0 bridgehead atoms. The van der Waals surface area contributed by atoms with Crippen LogP contribution in [0.25, 0.3) is 0 Å². The molecule has 0 aliphatic heterocycles. The molecule has 1 aliphatic rings. The lowest BCUT2D eigenvalue weighted by Crippen LogP contribution is -2.42. The van der Waals surface area contributed by atoms with E-state index in [4.69, 9.17) is 0 Å². The third-order valence-electron chi connectivity index (χ3n) is 3.92. The van der Waals surface area contributed by atoms with Crippen molar-refractivity contribution < 1.29 is 26.4 Å². The maximum Gasteiger partial charge on any atom is 0.391 e. The standard InChI is InChI=1S/C12H21F3N2O3S/c1-17(21(19,20)8-2-7-16-9-18)11-5-3-10(4-6-11)12(13,14)15/h9-11H,2-8H2,1H3,(H,16,18). The first-order valence-electron chi connectivity index (χ1n) is 6.88. The fourth-order valence-electron chi connectivity index (χ4n) is 2.55. The molecule has 1 saturated carbocycles. The average Bonchev–Trinajstić information content (AvgIpc) is 2.42. The van der Waals surface area contributed by atoms with Gasteiger partial charge in [-0.05, 0) is 32.1 Å². The Morgan fingerprint density at radius 3 is 2.29 bits per heavy atom. The molecule has 0 atom stereocenters. The van der Waals surface area contributed by atoms with Crippen molar-refractivity contribution in [2.45, 2.75) is 44.3 Å². The molecule has 1 aliphatic carbocycles. The van der Waals surface area contributed by atoms with Crippen LogP contribution >= 0.6 is 0 Å². The van der Waals surface area contributed by atoms with Crippen LogP contribution in [-0.2, 0) is 14.8 Å². The van der Waals surface area contributed by atoms with Gasteiger partial charge < -0.3 is 5.32 Å². The molecule has 0 radical (unpaired) electrons. The molecule has 0 aromatic carbocycles. The second-order valence-corrected chi connectivity index (χ2v) is 7.45. The number of halogens is 3. The summed E-state index contributed by atoms with van der Waals surface area (Å²) in [5.41, 5.74) is 0. The fourth-order valence-corrected chi connectivity index (χ4v) is 4.02. The number of hydrogen-bond acceptors (Lipinski definition) is 3. The van der Waals surface area contributed by atoms with E-state index in [1.807, 2.05) is 0 Å². The summed E-state index contributed by atoms with van der Waals surface area (Å²) in [4.78, 5) is 10.1. The Morgan fingerprint density at radius 2 is 1.81 bits per heavy atom. The zero-order valence-corrected chi connectivity index (χ0v) is 12.7. The molecule has 1 N–H and O–H groups in total. The second-order valence-electron chi connectivity index (χ2n) is 5.30. The molecule has 124 valence electrons. The van der Waals surface area contributed by atoms with Crippen molar-refractivity contribution in [3.8, 4) is 0 Å². The first-order valence-corrected chi connectivity index (χ1v) is 8.49. The van der Waals surface area contributed by atoms with Crippen LogP contribution in [0.2, 0.25) is 0 Å². The SMILES string of the molecule is CN(C1CCC(C(F)(F)F)CC1)S(=O)(=O)CCCNC=O. The summed E-state index contributed by atoms with van der Waals surface area (Å²) in [5, 5.41) is 2.37. The lowest BCUT2D eigenvalue weighted by molar-refractivity contribution is -0.183. The Morgan fingerprint density at radius 1 is 1.24 bits per heavy atom. The Labute approximate surface area is 122 Å². The fraction of sp³-hybridized carbons (Fsp3) is 0.917. The normalized spacial score (nSPS) is 24.0. The third-order valence-corrected chi connectivity index (χ3v) is 5.90. The number of hydrogen-bond donors (Lipinski definition) is 1. The number of amides is 1. The highest BCUT2D eigenvalue weighted by Gasteiger charge is 2.42. The number of carbonyl (C=O) groups excluding carboxylic acids is 1. The molecule has 1 rings (SSSR count). The monoisotopic (exact) mass is 330 g/mol. The Bertz CT molecular complexity index is 432. The van der Waals surface area contributed by atoms with Crippen molar-refractivity contribution in [1.29, 1.82) is 0 Å². The summed E-state index contributed by atoms with van der Waals surface area (Å²) in [6, 6.07) is -0.368. The molecule has 5 nitrogen and oxygen atoms in total. The first-order chi connectivity index (χ1) is 9.68. The van der Waals surface area contributed by atoms with Gasteiger partial charge in [0.05, 0.1) is 11.7 Å². The van der Waals surface area contributed by atoms with Gasteiger partial charge in [-0.3, -0.25) is 4.79 Å². The maximum absolute atomic E-state index is 12.6. The summed E-state index contributed by atoms with van der Waals surface area (Å²) in [6.45, 7) is 0.261. The molecular formula is C12H21F3N2O3S. The highest BCUT2D eigenvalue weighted by molar-refractivity contribution is 7.89. The van der Waals surface area contributed by atoms with Crippen LogP contribution in [0, 0.1) is 5.92 Å². The van der Waals surface area contributed by atoms with E-state index < -0.39 is 22.1 Å². The minimum atomic E-state index is -4.19. The molecule has 0 unspecified atom stereocenters. The Hall–Kier alpha value is -0.830. The molecule has 0 aromatic heterocycles. The molecule has 21 heavy (non-hydrogen) atoms. The summed E-state index contributed by atoms with van der Waals surface area (Å²) >= 11 is 0. The molecule has 0 saturated heterocycles. The predicted molar refractivity (Wildman–Crippen MR) is 72.0 cm³/mol. The van der Waals surface area contributed by atoms with Gasteiger partial charge in [0.2, 0.25) is 16.4 Å². The Kier molecular flexibility index (Phi) is 6.45. The quantitative estimate of drug-likeness (QED) is 0.568. The van der Waals surface area contributed by atoms with Gasteiger partial charge in [0.25, 0.3) is 0 Å². The second kappa shape index (κ2) is 7.44. The minimum absolute atomic E-state index is 0.0271. The van der Waals surface area contributed by atoms with Gasteiger partial charge in [0, 0.05) is 19.6 Å². The van der Waals surface area contributed by atoms with E-state index in [-0.39, 0.29) is 50.4 Å². The largest absolute Gasteiger partial charge is 0.391 e. The lowest BCUT2D eigenvalue weighted by Gasteiger charge is -2.34.